The SMILES string of the molecule is COc1ccc(OCCCC(=O)OCc2cc(=O)n3ccccc3n2)cc1. The lowest BCUT2D eigenvalue weighted by Crippen LogP contribution is -2.16. The molecule has 7 heteroatoms. The Kier molecular flexibility index (Phi) is 6.04. The summed E-state index contributed by atoms with van der Waals surface area (Å²) in [6, 6.07) is 13.9. The molecule has 2 aromatic heterocycles. The molecule has 7 nitrogen and oxygen atoms in total. The zero-order valence-corrected chi connectivity index (χ0v) is 15.0. The lowest BCUT2D eigenvalue weighted by Gasteiger charge is -2.08. The molecule has 0 N–H and O–H groups in total. The van der Waals surface area contributed by atoms with Crippen LogP contribution in [0.25, 0.3) is 5.65 Å². The second kappa shape index (κ2) is 8.84. The number of aromatic nitrogens is 2. The van der Waals surface area contributed by atoms with Crippen molar-refractivity contribution in [1.82, 2.24) is 9.38 Å². The van der Waals surface area contributed by atoms with Crippen molar-refractivity contribution in [2.45, 2.75) is 19.4 Å². The van der Waals surface area contributed by atoms with Gasteiger partial charge in [0.15, 0.2) is 0 Å². The molecule has 0 aliphatic carbocycles. The van der Waals surface area contributed by atoms with Crippen LogP contribution < -0.4 is 15.0 Å². The van der Waals surface area contributed by atoms with Crippen LogP contribution in [0.1, 0.15) is 18.5 Å². The minimum atomic E-state index is -0.358. The molecule has 3 aromatic rings. The Hall–Kier alpha value is -3.35. The quantitative estimate of drug-likeness (QED) is 0.449. The number of pyridine rings is 1. The number of carbonyl (C=O) groups is 1. The number of benzene rings is 1. The Morgan fingerprint density at radius 1 is 1.11 bits per heavy atom. The number of ether oxygens (including phenoxy) is 3. The summed E-state index contributed by atoms with van der Waals surface area (Å²) in [5.74, 6) is 1.11. The highest BCUT2D eigenvalue weighted by Crippen LogP contribution is 2.17. The monoisotopic (exact) mass is 368 g/mol. The third-order valence-electron chi connectivity index (χ3n) is 3.86. The number of nitrogens with zero attached hydrogens (tertiary/aromatic N) is 2. The molecule has 2 heterocycles. The number of carbonyl (C=O) groups excluding carboxylic acids is 1. The maximum absolute atomic E-state index is 12.0. The van der Waals surface area contributed by atoms with E-state index in [1.54, 1.807) is 43.6 Å². The van der Waals surface area contributed by atoms with Gasteiger partial charge in [0, 0.05) is 18.7 Å². The largest absolute Gasteiger partial charge is 0.497 e. The molecule has 0 saturated heterocycles. The molecule has 0 radical (unpaired) electrons. The number of hydrogen-bond donors (Lipinski definition) is 0. The molecule has 3 rings (SSSR count). The fourth-order valence-corrected chi connectivity index (χ4v) is 2.48. The summed E-state index contributed by atoms with van der Waals surface area (Å²) in [4.78, 5) is 28.2. The average molecular weight is 368 g/mol. The predicted molar refractivity (Wildman–Crippen MR) is 99.0 cm³/mol. The molecule has 0 unspecified atom stereocenters. The van der Waals surface area contributed by atoms with E-state index in [4.69, 9.17) is 14.2 Å². The van der Waals surface area contributed by atoms with Gasteiger partial charge in [0.1, 0.15) is 23.8 Å². The second-order valence-electron chi connectivity index (χ2n) is 5.80. The summed E-state index contributed by atoms with van der Waals surface area (Å²) >= 11 is 0. The first-order valence-corrected chi connectivity index (χ1v) is 8.55. The molecular weight excluding hydrogens is 348 g/mol. The Labute approximate surface area is 156 Å². The lowest BCUT2D eigenvalue weighted by molar-refractivity contribution is -0.145. The number of rotatable bonds is 8. The van der Waals surface area contributed by atoms with Crippen LogP contribution in [0.3, 0.4) is 0 Å². The smallest absolute Gasteiger partial charge is 0.306 e. The van der Waals surface area contributed by atoms with E-state index in [9.17, 15) is 9.59 Å². The van der Waals surface area contributed by atoms with E-state index in [0.717, 1.165) is 5.75 Å². The van der Waals surface area contributed by atoms with Crippen molar-refractivity contribution < 1.29 is 19.0 Å². The molecular formula is C20H20N2O5. The zero-order valence-electron chi connectivity index (χ0n) is 15.0. The number of esters is 1. The van der Waals surface area contributed by atoms with Crippen LogP contribution >= 0.6 is 0 Å². The van der Waals surface area contributed by atoms with Gasteiger partial charge in [-0.25, -0.2) is 4.98 Å². The minimum absolute atomic E-state index is 0.0290. The molecule has 140 valence electrons. The highest BCUT2D eigenvalue weighted by molar-refractivity contribution is 5.69. The topological polar surface area (TPSA) is 79.1 Å². The molecule has 0 amide bonds. The van der Waals surface area contributed by atoms with Gasteiger partial charge in [0.05, 0.1) is 19.4 Å². The number of methoxy groups -OCH3 is 1. The Bertz CT molecular complexity index is 966. The highest BCUT2D eigenvalue weighted by atomic mass is 16.5. The van der Waals surface area contributed by atoms with E-state index in [-0.39, 0.29) is 24.6 Å². The van der Waals surface area contributed by atoms with Crippen molar-refractivity contribution in [2.24, 2.45) is 0 Å². The third-order valence-corrected chi connectivity index (χ3v) is 3.86. The molecule has 1 aromatic carbocycles. The van der Waals surface area contributed by atoms with Crippen molar-refractivity contribution in [3.05, 3.63) is 70.8 Å². The van der Waals surface area contributed by atoms with Gasteiger partial charge in [-0.2, -0.15) is 0 Å². The Balaban J connectivity index is 1.42. The molecule has 0 aliphatic heterocycles. The van der Waals surface area contributed by atoms with Crippen LogP contribution in [0.15, 0.2) is 59.5 Å². The molecule has 0 saturated carbocycles. The maximum atomic E-state index is 12.0. The number of fused-ring (bicyclic) bond motifs is 1. The first-order chi connectivity index (χ1) is 13.2. The first kappa shape index (κ1) is 18.4. The summed E-state index contributed by atoms with van der Waals surface area (Å²) < 4.78 is 17.3. The molecule has 0 aliphatic rings. The molecule has 0 bridgehead atoms. The van der Waals surface area contributed by atoms with E-state index in [2.05, 4.69) is 4.98 Å². The van der Waals surface area contributed by atoms with E-state index >= 15 is 0 Å². The Morgan fingerprint density at radius 3 is 2.67 bits per heavy atom. The average Bonchev–Trinajstić information content (AvgIpc) is 2.70. The van der Waals surface area contributed by atoms with Gasteiger partial charge in [-0.1, -0.05) is 6.07 Å². The van der Waals surface area contributed by atoms with Gasteiger partial charge in [0.25, 0.3) is 5.56 Å². The van der Waals surface area contributed by atoms with Gasteiger partial charge in [-0.05, 0) is 42.8 Å². The third kappa shape index (κ3) is 5.07. The van der Waals surface area contributed by atoms with Crippen molar-refractivity contribution >= 4 is 11.6 Å². The number of hydrogen-bond acceptors (Lipinski definition) is 6. The van der Waals surface area contributed by atoms with Crippen molar-refractivity contribution in [3.8, 4) is 11.5 Å². The fraction of sp³-hybridized carbons (Fsp3) is 0.250. The van der Waals surface area contributed by atoms with Crippen LogP contribution in [0.4, 0.5) is 0 Å². The van der Waals surface area contributed by atoms with Crippen molar-refractivity contribution in [1.29, 1.82) is 0 Å². The van der Waals surface area contributed by atoms with Crippen molar-refractivity contribution in [2.75, 3.05) is 13.7 Å². The maximum Gasteiger partial charge on any atom is 0.306 e. The Morgan fingerprint density at radius 2 is 1.89 bits per heavy atom. The summed E-state index contributed by atoms with van der Waals surface area (Å²) in [6.45, 7) is 0.371. The fourth-order valence-electron chi connectivity index (χ4n) is 2.48. The highest BCUT2D eigenvalue weighted by Gasteiger charge is 2.07. The summed E-state index contributed by atoms with van der Waals surface area (Å²) in [6.07, 6.45) is 2.39. The van der Waals surface area contributed by atoms with Crippen LogP contribution in [0.2, 0.25) is 0 Å². The molecule has 0 spiro atoms. The van der Waals surface area contributed by atoms with E-state index in [1.807, 2.05) is 12.1 Å². The van der Waals surface area contributed by atoms with Crippen LogP contribution in [0, 0.1) is 0 Å². The van der Waals surface area contributed by atoms with Gasteiger partial charge < -0.3 is 14.2 Å². The summed E-state index contributed by atoms with van der Waals surface area (Å²) in [5.41, 5.74) is 0.734. The van der Waals surface area contributed by atoms with E-state index in [1.165, 1.54) is 10.5 Å². The van der Waals surface area contributed by atoms with Crippen LogP contribution in [0.5, 0.6) is 11.5 Å². The normalized spacial score (nSPS) is 10.6. The van der Waals surface area contributed by atoms with Gasteiger partial charge >= 0.3 is 5.97 Å². The molecule has 0 atom stereocenters. The minimum Gasteiger partial charge on any atom is -0.497 e. The van der Waals surface area contributed by atoms with Crippen molar-refractivity contribution in [3.63, 3.8) is 0 Å². The lowest BCUT2D eigenvalue weighted by atomic mass is 10.3. The van der Waals surface area contributed by atoms with Crippen LogP contribution in [-0.2, 0) is 16.1 Å². The molecule has 27 heavy (non-hydrogen) atoms. The van der Waals surface area contributed by atoms with Gasteiger partial charge in [-0.3, -0.25) is 14.0 Å². The van der Waals surface area contributed by atoms with Crippen LogP contribution in [-0.4, -0.2) is 29.1 Å². The molecule has 0 fully saturated rings. The predicted octanol–water partition coefficient (Wildman–Crippen LogP) is 2.61. The van der Waals surface area contributed by atoms with Gasteiger partial charge in [-0.15, -0.1) is 0 Å². The second-order valence-corrected chi connectivity index (χ2v) is 5.80. The zero-order chi connectivity index (χ0) is 19.1. The summed E-state index contributed by atoms with van der Waals surface area (Å²) in [7, 11) is 1.60. The van der Waals surface area contributed by atoms with Gasteiger partial charge in [0.2, 0.25) is 0 Å². The first-order valence-electron chi connectivity index (χ1n) is 8.55. The van der Waals surface area contributed by atoms with E-state index < -0.39 is 0 Å². The summed E-state index contributed by atoms with van der Waals surface area (Å²) in [5, 5.41) is 0. The standard InChI is InChI=1S/C20H20N2O5/c1-25-16-7-9-17(10-8-16)26-12-4-6-20(24)27-14-15-13-19(23)22-11-3-2-5-18(22)21-15/h2-3,5,7-11,13H,4,6,12,14H2,1H3. The van der Waals surface area contributed by atoms with E-state index in [0.29, 0.717) is 30.1 Å².